The molecule has 6 heteroatoms. The molecule has 0 amide bonds. The van der Waals surface area contributed by atoms with Crippen LogP contribution in [0.1, 0.15) is 25.3 Å². The molecule has 0 spiro atoms. The van der Waals surface area contributed by atoms with E-state index in [9.17, 15) is 8.78 Å². The summed E-state index contributed by atoms with van der Waals surface area (Å²) in [4.78, 5) is 4.01. The molecule has 0 bridgehead atoms. The summed E-state index contributed by atoms with van der Waals surface area (Å²) in [7, 11) is 1.72. The van der Waals surface area contributed by atoms with E-state index in [4.69, 9.17) is 11.1 Å². The van der Waals surface area contributed by atoms with Crippen LogP contribution in [0.2, 0.25) is 0 Å². The lowest BCUT2D eigenvalue weighted by atomic mass is 10.0. The third kappa shape index (κ3) is 3.32. The Bertz CT molecular complexity index is 501. The Morgan fingerprint density at radius 2 is 1.86 bits per heavy atom. The van der Waals surface area contributed by atoms with Crippen molar-refractivity contribution in [3.8, 4) is 0 Å². The van der Waals surface area contributed by atoms with Gasteiger partial charge >= 0.3 is 0 Å². The van der Waals surface area contributed by atoms with Gasteiger partial charge in [-0.3, -0.25) is 5.41 Å². The van der Waals surface area contributed by atoms with Crippen molar-refractivity contribution in [2.75, 3.05) is 31.6 Å². The Morgan fingerprint density at radius 3 is 2.29 bits per heavy atom. The lowest BCUT2D eigenvalue weighted by molar-refractivity contribution is 0.220. The zero-order valence-electron chi connectivity index (χ0n) is 12.5. The van der Waals surface area contributed by atoms with Crippen molar-refractivity contribution in [1.29, 1.82) is 5.41 Å². The van der Waals surface area contributed by atoms with Gasteiger partial charge in [0.15, 0.2) is 0 Å². The molecule has 4 nitrogen and oxygen atoms in total. The molecule has 1 heterocycles. The highest BCUT2D eigenvalue weighted by Crippen LogP contribution is 2.28. The van der Waals surface area contributed by atoms with Gasteiger partial charge in [-0.2, -0.15) is 0 Å². The van der Waals surface area contributed by atoms with Crippen molar-refractivity contribution in [3.63, 3.8) is 0 Å². The van der Waals surface area contributed by atoms with E-state index in [1.165, 1.54) is 0 Å². The quantitative estimate of drug-likeness (QED) is 0.661. The van der Waals surface area contributed by atoms with Crippen molar-refractivity contribution in [2.45, 2.75) is 25.8 Å². The van der Waals surface area contributed by atoms with Crippen molar-refractivity contribution in [3.05, 3.63) is 29.3 Å². The van der Waals surface area contributed by atoms with Gasteiger partial charge in [-0.25, -0.2) is 8.78 Å². The van der Waals surface area contributed by atoms with Gasteiger partial charge in [0.2, 0.25) is 0 Å². The monoisotopic (exact) mass is 296 g/mol. The zero-order chi connectivity index (χ0) is 15.6. The van der Waals surface area contributed by atoms with Crippen LogP contribution in [0.25, 0.3) is 0 Å². The molecule has 1 fully saturated rings. The first-order valence-corrected chi connectivity index (χ1v) is 7.22. The summed E-state index contributed by atoms with van der Waals surface area (Å²) in [6.45, 7) is 5.01. The first-order chi connectivity index (χ1) is 9.93. The van der Waals surface area contributed by atoms with Gasteiger partial charge in [-0.15, -0.1) is 0 Å². The molecule has 0 saturated carbocycles. The minimum atomic E-state index is -0.666. The summed E-state index contributed by atoms with van der Waals surface area (Å²) in [5, 5.41) is 7.27. The molecule has 3 N–H and O–H groups in total. The van der Waals surface area contributed by atoms with Crippen molar-refractivity contribution in [1.82, 2.24) is 4.90 Å². The van der Waals surface area contributed by atoms with Gasteiger partial charge in [-0.05, 0) is 31.5 Å². The minimum Gasteiger partial charge on any atom is -0.384 e. The number of nitrogens with one attached hydrogen (secondary N) is 1. The summed E-state index contributed by atoms with van der Waals surface area (Å²) in [5.41, 5.74) is 5.32. The van der Waals surface area contributed by atoms with Gasteiger partial charge in [0.1, 0.15) is 23.2 Å². The molecular formula is C15H22F2N4. The Morgan fingerprint density at radius 1 is 1.33 bits per heavy atom. The fourth-order valence-electron chi connectivity index (χ4n) is 2.86. The maximum Gasteiger partial charge on any atom is 0.150 e. The van der Waals surface area contributed by atoms with Crippen molar-refractivity contribution >= 4 is 11.5 Å². The number of likely N-dealkylation sites (tertiary alicyclic amines) is 1. The normalized spacial score (nSPS) is 17.0. The molecule has 1 aliphatic heterocycles. The SMILES string of the molecule is CCN1CCC(N(C)c2c(F)cc(C(=N)N)cc2F)CC1. The maximum absolute atomic E-state index is 14.2. The van der Waals surface area contributed by atoms with Crippen LogP contribution < -0.4 is 10.6 Å². The van der Waals surface area contributed by atoms with Crippen LogP contribution in [0, 0.1) is 17.0 Å². The van der Waals surface area contributed by atoms with Crippen LogP contribution in [-0.2, 0) is 0 Å². The summed E-state index contributed by atoms with van der Waals surface area (Å²) in [6, 6.07) is 2.37. The van der Waals surface area contributed by atoms with E-state index in [0.29, 0.717) is 0 Å². The summed E-state index contributed by atoms with van der Waals surface area (Å²) < 4.78 is 28.4. The number of hydrogen-bond donors (Lipinski definition) is 2. The highest BCUT2D eigenvalue weighted by atomic mass is 19.1. The number of nitrogens with two attached hydrogens (primary N) is 1. The highest BCUT2D eigenvalue weighted by molar-refractivity contribution is 5.95. The first kappa shape index (κ1) is 15.7. The molecule has 1 saturated heterocycles. The summed E-state index contributed by atoms with van der Waals surface area (Å²) >= 11 is 0. The van der Waals surface area contributed by atoms with Gasteiger partial charge < -0.3 is 15.5 Å². The molecule has 1 aromatic rings. The average Bonchev–Trinajstić information content (AvgIpc) is 2.46. The Hall–Kier alpha value is -1.69. The number of halogens is 2. The van der Waals surface area contributed by atoms with E-state index in [-0.39, 0.29) is 23.1 Å². The molecule has 1 aliphatic rings. The average molecular weight is 296 g/mol. The van der Waals surface area contributed by atoms with Crippen LogP contribution in [0.3, 0.4) is 0 Å². The van der Waals surface area contributed by atoms with E-state index in [0.717, 1.165) is 44.6 Å². The van der Waals surface area contributed by atoms with E-state index in [2.05, 4.69) is 11.8 Å². The first-order valence-electron chi connectivity index (χ1n) is 7.22. The molecule has 0 atom stereocenters. The minimum absolute atomic E-state index is 0.0325. The maximum atomic E-state index is 14.2. The molecule has 116 valence electrons. The number of anilines is 1. The number of hydrogen-bond acceptors (Lipinski definition) is 3. The number of rotatable bonds is 4. The predicted molar refractivity (Wildman–Crippen MR) is 80.9 cm³/mol. The zero-order valence-corrected chi connectivity index (χ0v) is 12.5. The Kier molecular flexibility index (Phi) is 4.77. The van der Waals surface area contributed by atoms with Crippen LogP contribution in [0.5, 0.6) is 0 Å². The number of amidine groups is 1. The van der Waals surface area contributed by atoms with Crippen molar-refractivity contribution < 1.29 is 8.78 Å². The van der Waals surface area contributed by atoms with Gasteiger partial charge in [0, 0.05) is 31.7 Å². The summed E-state index contributed by atoms with van der Waals surface area (Å²) in [6.07, 6.45) is 1.77. The molecule has 0 aromatic heterocycles. The van der Waals surface area contributed by atoms with Crippen molar-refractivity contribution in [2.24, 2.45) is 5.73 Å². The van der Waals surface area contributed by atoms with E-state index in [1.807, 2.05) is 0 Å². The largest absolute Gasteiger partial charge is 0.384 e. The molecule has 21 heavy (non-hydrogen) atoms. The number of nitrogen functional groups attached to an aromatic ring is 1. The standard InChI is InChI=1S/C15H22F2N4/c1-3-21-6-4-11(5-7-21)20(2)14-12(16)8-10(15(18)19)9-13(14)17/h8-9,11H,3-7H2,1-2H3,(H3,18,19). The summed E-state index contributed by atoms with van der Waals surface area (Å²) in [5.74, 6) is -1.67. The van der Waals surface area contributed by atoms with Gasteiger partial charge in [0.25, 0.3) is 0 Å². The predicted octanol–water partition coefficient (Wildman–Crippen LogP) is 2.17. The van der Waals surface area contributed by atoms with Gasteiger partial charge in [0.05, 0.1) is 0 Å². The molecular weight excluding hydrogens is 274 g/mol. The molecule has 0 unspecified atom stereocenters. The van der Waals surface area contributed by atoms with Gasteiger partial charge in [-0.1, -0.05) is 6.92 Å². The van der Waals surface area contributed by atoms with Crippen LogP contribution >= 0.6 is 0 Å². The Labute approximate surface area is 124 Å². The highest BCUT2D eigenvalue weighted by Gasteiger charge is 2.26. The smallest absolute Gasteiger partial charge is 0.150 e. The molecule has 1 aromatic carbocycles. The molecule has 0 radical (unpaired) electrons. The second kappa shape index (κ2) is 6.39. The lowest BCUT2D eigenvalue weighted by Gasteiger charge is -2.37. The number of piperidine rings is 1. The van der Waals surface area contributed by atoms with Crippen LogP contribution in [0.4, 0.5) is 14.5 Å². The second-order valence-electron chi connectivity index (χ2n) is 5.48. The second-order valence-corrected chi connectivity index (χ2v) is 5.48. The topological polar surface area (TPSA) is 56.4 Å². The fraction of sp³-hybridized carbons (Fsp3) is 0.533. The molecule has 2 rings (SSSR count). The van der Waals surface area contributed by atoms with Crippen LogP contribution in [-0.4, -0.2) is 43.5 Å². The van der Waals surface area contributed by atoms with Crippen LogP contribution in [0.15, 0.2) is 12.1 Å². The van der Waals surface area contributed by atoms with E-state index in [1.54, 1.807) is 11.9 Å². The number of nitrogens with zero attached hydrogens (tertiary/aromatic N) is 2. The molecule has 0 aliphatic carbocycles. The Balaban J connectivity index is 2.20. The third-order valence-corrected chi connectivity index (χ3v) is 4.23. The van der Waals surface area contributed by atoms with E-state index < -0.39 is 11.6 Å². The lowest BCUT2D eigenvalue weighted by Crippen LogP contribution is -2.43. The number of benzene rings is 1. The fourth-order valence-corrected chi connectivity index (χ4v) is 2.86. The third-order valence-electron chi connectivity index (χ3n) is 4.23. The van der Waals surface area contributed by atoms with E-state index >= 15 is 0 Å².